The molecule has 0 fully saturated rings. The van der Waals surface area contributed by atoms with Crippen molar-refractivity contribution < 1.29 is 4.79 Å². The van der Waals surface area contributed by atoms with Gasteiger partial charge in [0.15, 0.2) is 5.65 Å². The molecule has 5 heteroatoms. The molecule has 3 aromatic rings. The van der Waals surface area contributed by atoms with Gasteiger partial charge in [-0.2, -0.15) is 5.10 Å². The number of fused-ring (bicyclic) bond motifs is 2. The van der Waals surface area contributed by atoms with Gasteiger partial charge in [-0.25, -0.2) is 9.67 Å². The second-order valence-electron chi connectivity index (χ2n) is 7.86. The molecule has 1 amide bonds. The molecule has 0 bridgehead atoms. The van der Waals surface area contributed by atoms with Gasteiger partial charge in [-0.05, 0) is 57.4 Å². The van der Waals surface area contributed by atoms with Crippen LogP contribution in [0, 0.1) is 13.8 Å². The lowest BCUT2D eigenvalue weighted by Crippen LogP contribution is -2.52. The van der Waals surface area contributed by atoms with Crippen LogP contribution in [0.2, 0.25) is 0 Å². The lowest BCUT2D eigenvalue weighted by atomic mass is 9.85. The van der Waals surface area contributed by atoms with Gasteiger partial charge in [0.2, 0.25) is 5.91 Å². The maximum Gasteiger partial charge on any atom is 0.245 e. The minimum absolute atomic E-state index is 0.0807. The van der Waals surface area contributed by atoms with Crippen molar-refractivity contribution in [3.05, 3.63) is 58.9 Å². The Morgan fingerprint density at radius 3 is 2.81 bits per heavy atom. The summed E-state index contributed by atoms with van der Waals surface area (Å²) in [7, 11) is 0. The van der Waals surface area contributed by atoms with Crippen LogP contribution in [-0.4, -0.2) is 31.1 Å². The molecule has 0 N–H and O–H groups in total. The first-order chi connectivity index (χ1) is 12.3. The second kappa shape index (κ2) is 5.94. The van der Waals surface area contributed by atoms with Crippen molar-refractivity contribution in [3.8, 4) is 0 Å². The van der Waals surface area contributed by atoms with Crippen molar-refractivity contribution in [2.75, 3.05) is 0 Å². The summed E-state index contributed by atoms with van der Waals surface area (Å²) < 4.78 is 1.73. The zero-order valence-corrected chi connectivity index (χ0v) is 15.8. The highest BCUT2D eigenvalue weighted by molar-refractivity contribution is 5.82. The zero-order chi connectivity index (χ0) is 18.5. The van der Waals surface area contributed by atoms with Crippen LogP contribution in [0.4, 0.5) is 0 Å². The van der Waals surface area contributed by atoms with E-state index in [-0.39, 0.29) is 18.0 Å². The molecule has 2 aromatic heterocycles. The fourth-order valence-electron chi connectivity index (χ4n) is 3.94. The molecule has 3 heterocycles. The highest BCUT2D eigenvalue weighted by atomic mass is 16.2. The molecule has 26 heavy (non-hydrogen) atoms. The molecule has 1 aromatic carbocycles. The Labute approximate surface area is 153 Å². The van der Waals surface area contributed by atoms with Crippen molar-refractivity contribution in [3.63, 3.8) is 0 Å². The summed E-state index contributed by atoms with van der Waals surface area (Å²) in [6.45, 7) is 9.18. The SMILES string of the molecule is Cc1ccc2c(c1)CN(C(=O)Cn1nc(C)c3cccnc31)C(C)(C)C2. The molecule has 1 aliphatic rings. The van der Waals surface area contributed by atoms with E-state index >= 15 is 0 Å². The van der Waals surface area contributed by atoms with Crippen LogP contribution >= 0.6 is 0 Å². The first kappa shape index (κ1) is 16.8. The van der Waals surface area contributed by atoms with Crippen molar-refractivity contribution in [1.29, 1.82) is 0 Å². The van der Waals surface area contributed by atoms with Gasteiger partial charge in [-0.3, -0.25) is 4.79 Å². The van der Waals surface area contributed by atoms with E-state index in [0.717, 1.165) is 23.1 Å². The number of carbonyl (C=O) groups is 1. The summed E-state index contributed by atoms with van der Waals surface area (Å²) in [4.78, 5) is 19.6. The molecule has 0 saturated carbocycles. The minimum atomic E-state index is -0.217. The number of rotatable bonds is 2. The van der Waals surface area contributed by atoms with Gasteiger partial charge in [0, 0.05) is 23.7 Å². The fourth-order valence-corrected chi connectivity index (χ4v) is 3.94. The number of aryl methyl sites for hydroxylation is 2. The van der Waals surface area contributed by atoms with Crippen LogP contribution in [0.1, 0.15) is 36.2 Å². The van der Waals surface area contributed by atoms with E-state index in [0.29, 0.717) is 6.54 Å². The van der Waals surface area contributed by atoms with E-state index in [1.165, 1.54) is 16.7 Å². The van der Waals surface area contributed by atoms with E-state index in [2.05, 4.69) is 49.1 Å². The summed E-state index contributed by atoms with van der Waals surface area (Å²) in [5, 5.41) is 5.54. The number of amides is 1. The molecule has 0 saturated heterocycles. The number of hydrogen-bond acceptors (Lipinski definition) is 3. The predicted octanol–water partition coefficient (Wildman–Crippen LogP) is 3.41. The van der Waals surface area contributed by atoms with Gasteiger partial charge in [0.05, 0.1) is 5.69 Å². The summed E-state index contributed by atoms with van der Waals surface area (Å²) in [6, 6.07) is 10.4. The van der Waals surface area contributed by atoms with Gasteiger partial charge in [0.1, 0.15) is 6.54 Å². The zero-order valence-electron chi connectivity index (χ0n) is 15.8. The number of carbonyl (C=O) groups excluding carboxylic acids is 1. The van der Waals surface area contributed by atoms with Gasteiger partial charge in [0.25, 0.3) is 0 Å². The number of hydrogen-bond donors (Lipinski definition) is 0. The van der Waals surface area contributed by atoms with Gasteiger partial charge in [-0.1, -0.05) is 23.8 Å². The molecule has 134 valence electrons. The summed E-state index contributed by atoms with van der Waals surface area (Å²) in [5.41, 5.74) is 5.27. The van der Waals surface area contributed by atoms with Crippen molar-refractivity contribution in [1.82, 2.24) is 19.7 Å². The lowest BCUT2D eigenvalue weighted by Gasteiger charge is -2.43. The summed E-state index contributed by atoms with van der Waals surface area (Å²) >= 11 is 0. The molecular weight excluding hydrogens is 324 g/mol. The molecule has 0 atom stereocenters. The Hall–Kier alpha value is -2.69. The van der Waals surface area contributed by atoms with Crippen LogP contribution in [0.15, 0.2) is 36.5 Å². The van der Waals surface area contributed by atoms with Crippen LogP contribution in [-0.2, 0) is 24.3 Å². The first-order valence-corrected chi connectivity index (χ1v) is 9.02. The van der Waals surface area contributed by atoms with E-state index in [1.54, 1.807) is 10.9 Å². The molecule has 0 radical (unpaired) electrons. The standard InChI is InChI=1S/C21H24N4O/c1-14-7-8-16-11-21(3,4)24(12-17(16)10-14)19(26)13-25-20-18(15(2)23-25)6-5-9-22-20/h5-10H,11-13H2,1-4H3. The van der Waals surface area contributed by atoms with Crippen molar-refractivity contribution in [2.45, 2.75) is 52.7 Å². The molecule has 5 nitrogen and oxygen atoms in total. The number of nitrogens with zero attached hydrogens (tertiary/aromatic N) is 4. The Kier molecular flexibility index (Phi) is 3.83. The van der Waals surface area contributed by atoms with E-state index in [1.807, 2.05) is 24.0 Å². The second-order valence-corrected chi connectivity index (χ2v) is 7.86. The van der Waals surface area contributed by atoms with Crippen LogP contribution < -0.4 is 0 Å². The number of benzene rings is 1. The molecule has 0 unspecified atom stereocenters. The average Bonchev–Trinajstić information content (AvgIpc) is 2.90. The average molecular weight is 348 g/mol. The molecule has 0 spiro atoms. The Balaban J connectivity index is 1.65. The van der Waals surface area contributed by atoms with Crippen LogP contribution in [0.25, 0.3) is 11.0 Å². The smallest absolute Gasteiger partial charge is 0.245 e. The third kappa shape index (κ3) is 2.77. The van der Waals surface area contributed by atoms with Gasteiger partial charge >= 0.3 is 0 Å². The number of pyridine rings is 1. The topological polar surface area (TPSA) is 51.0 Å². The number of aromatic nitrogens is 3. The van der Waals surface area contributed by atoms with Crippen LogP contribution in [0.3, 0.4) is 0 Å². The Morgan fingerprint density at radius 1 is 1.19 bits per heavy atom. The predicted molar refractivity (Wildman–Crippen MR) is 102 cm³/mol. The lowest BCUT2D eigenvalue weighted by molar-refractivity contribution is -0.138. The Bertz CT molecular complexity index is 1000. The molecule has 0 aliphatic carbocycles. The summed E-state index contributed by atoms with van der Waals surface area (Å²) in [5.74, 6) is 0.0807. The van der Waals surface area contributed by atoms with Crippen LogP contribution in [0.5, 0.6) is 0 Å². The monoisotopic (exact) mass is 348 g/mol. The highest BCUT2D eigenvalue weighted by Gasteiger charge is 2.36. The third-order valence-electron chi connectivity index (χ3n) is 5.32. The largest absolute Gasteiger partial charge is 0.331 e. The van der Waals surface area contributed by atoms with Crippen molar-refractivity contribution >= 4 is 16.9 Å². The van der Waals surface area contributed by atoms with E-state index in [9.17, 15) is 4.79 Å². The summed E-state index contributed by atoms with van der Waals surface area (Å²) in [6.07, 6.45) is 2.61. The van der Waals surface area contributed by atoms with E-state index in [4.69, 9.17) is 0 Å². The first-order valence-electron chi connectivity index (χ1n) is 9.02. The maximum atomic E-state index is 13.2. The Morgan fingerprint density at radius 2 is 2.00 bits per heavy atom. The maximum absolute atomic E-state index is 13.2. The van der Waals surface area contributed by atoms with E-state index < -0.39 is 0 Å². The minimum Gasteiger partial charge on any atom is -0.331 e. The van der Waals surface area contributed by atoms with Gasteiger partial charge < -0.3 is 4.90 Å². The third-order valence-corrected chi connectivity index (χ3v) is 5.32. The fraction of sp³-hybridized carbons (Fsp3) is 0.381. The molecular formula is C21H24N4O. The molecule has 4 rings (SSSR count). The normalized spacial score (nSPS) is 15.9. The van der Waals surface area contributed by atoms with Gasteiger partial charge in [-0.15, -0.1) is 0 Å². The quantitative estimate of drug-likeness (QED) is 0.713. The van der Waals surface area contributed by atoms with Crippen molar-refractivity contribution in [2.24, 2.45) is 0 Å². The highest BCUT2D eigenvalue weighted by Crippen LogP contribution is 2.31. The molecule has 1 aliphatic heterocycles.